The summed E-state index contributed by atoms with van der Waals surface area (Å²) in [6, 6.07) is 3.58. The summed E-state index contributed by atoms with van der Waals surface area (Å²) in [5, 5.41) is -0.123. The van der Waals surface area contributed by atoms with Gasteiger partial charge in [0.1, 0.15) is 17.5 Å². The van der Waals surface area contributed by atoms with E-state index in [2.05, 4.69) is 6.92 Å². The Kier molecular flexibility index (Phi) is 8.35. The zero-order valence-electron chi connectivity index (χ0n) is 18.2. The van der Waals surface area contributed by atoms with Crippen molar-refractivity contribution in [1.29, 1.82) is 0 Å². The van der Waals surface area contributed by atoms with Crippen LogP contribution >= 0.6 is 11.6 Å². The van der Waals surface area contributed by atoms with Crippen LogP contribution in [0.3, 0.4) is 0 Å². The Labute approximate surface area is 194 Å². The first kappa shape index (κ1) is 25.9. The van der Waals surface area contributed by atoms with Gasteiger partial charge in [-0.15, -0.1) is 0 Å². The van der Waals surface area contributed by atoms with E-state index in [0.29, 0.717) is 23.6 Å². The molecule has 1 aliphatic carbocycles. The summed E-state index contributed by atoms with van der Waals surface area (Å²) in [5.41, 5.74) is -2.17. The molecule has 0 saturated heterocycles. The van der Waals surface area contributed by atoms with Gasteiger partial charge in [-0.05, 0) is 72.9 Å². The summed E-state index contributed by atoms with van der Waals surface area (Å²) >= 11 is 6.23. The zero-order valence-corrected chi connectivity index (χ0v) is 19.0. The van der Waals surface area contributed by atoms with Crippen LogP contribution in [-0.4, -0.2) is 6.43 Å². The Hall–Kier alpha value is -1.76. The van der Waals surface area contributed by atoms with Crippen LogP contribution in [0.15, 0.2) is 24.3 Å². The summed E-state index contributed by atoms with van der Waals surface area (Å²) in [4.78, 5) is 0. The molecule has 3 rings (SSSR count). The van der Waals surface area contributed by atoms with Crippen LogP contribution in [0.1, 0.15) is 75.3 Å². The van der Waals surface area contributed by atoms with E-state index in [1.165, 1.54) is 37.8 Å². The molecule has 0 nitrogen and oxygen atoms in total. The highest BCUT2D eigenvalue weighted by molar-refractivity contribution is 6.33. The summed E-state index contributed by atoms with van der Waals surface area (Å²) in [7, 11) is 0. The predicted octanol–water partition coefficient (Wildman–Crippen LogP) is 9.64. The first-order valence-electron chi connectivity index (χ1n) is 11.2. The van der Waals surface area contributed by atoms with Gasteiger partial charge < -0.3 is 0 Å². The number of halogens is 8. The van der Waals surface area contributed by atoms with E-state index in [1.807, 2.05) is 0 Å². The topological polar surface area (TPSA) is 0 Å². The molecule has 33 heavy (non-hydrogen) atoms. The smallest absolute Gasteiger partial charge is 0.206 e. The van der Waals surface area contributed by atoms with Crippen LogP contribution in [0, 0.1) is 23.4 Å². The predicted molar refractivity (Wildman–Crippen MR) is 116 cm³/mol. The van der Waals surface area contributed by atoms with Gasteiger partial charge in [0, 0.05) is 5.56 Å². The molecule has 8 heteroatoms. The molecule has 0 radical (unpaired) electrons. The quantitative estimate of drug-likeness (QED) is 0.253. The molecule has 1 aliphatic rings. The lowest BCUT2D eigenvalue weighted by molar-refractivity contribution is -0.139. The number of hydrogen-bond acceptors (Lipinski definition) is 0. The van der Waals surface area contributed by atoms with Crippen molar-refractivity contribution in [3.8, 4) is 11.1 Å². The fourth-order valence-corrected chi connectivity index (χ4v) is 5.04. The Morgan fingerprint density at radius 3 is 2.03 bits per heavy atom. The fraction of sp³-hybridized carbons (Fsp3) is 0.520. The SMILES string of the molecule is CCCCCC1CCC(c2cc(F)c(-c3cc(F)c(C(F)(F)C(F)F)c(F)c3)c(Cl)c2)CC1. The van der Waals surface area contributed by atoms with E-state index in [9.17, 15) is 30.7 Å². The molecular formula is C25H26ClF7. The molecule has 0 heterocycles. The van der Waals surface area contributed by atoms with Crippen molar-refractivity contribution in [2.24, 2.45) is 5.92 Å². The molecule has 0 bridgehead atoms. The van der Waals surface area contributed by atoms with Crippen molar-refractivity contribution in [3.05, 3.63) is 57.9 Å². The van der Waals surface area contributed by atoms with Gasteiger partial charge in [-0.2, -0.15) is 8.78 Å². The van der Waals surface area contributed by atoms with Crippen molar-refractivity contribution in [2.45, 2.75) is 76.6 Å². The second-order valence-corrected chi connectivity index (χ2v) is 9.22. The maximum absolute atomic E-state index is 15.0. The van der Waals surface area contributed by atoms with Gasteiger partial charge in [0.15, 0.2) is 0 Å². The van der Waals surface area contributed by atoms with Gasteiger partial charge in [0.05, 0.1) is 10.6 Å². The number of benzene rings is 2. The van der Waals surface area contributed by atoms with E-state index < -0.39 is 40.9 Å². The highest BCUT2D eigenvalue weighted by Crippen LogP contribution is 2.43. The van der Waals surface area contributed by atoms with Crippen LogP contribution in [0.5, 0.6) is 0 Å². The van der Waals surface area contributed by atoms with Crippen LogP contribution in [0.25, 0.3) is 11.1 Å². The van der Waals surface area contributed by atoms with Crippen molar-refractivity contribution >= 4 is 11.6 Å². The summed E-state index contributed by atoms with van der Waals surface area (Å²) in [5.74, 6) is -8.90. The summed E-state index contributed by atoms with van der Waals surface area (Å²) < 4.78 is 95.6. The highest BCUT2D eigenvalue weighted by Gasteiger charge is 2.47. The average molecular weight is 495 g/mol. The number of hydrogen-bond donors (Lipinski definition) is 0. The summed E-state index contributed by atoms with van der Waals surface area (Å²) in [6.07, 6.45) is 4.31. The van der Waals surface area contributed by atoms with E-state index in [0.717, 1.165) is 25.7 Å². The van der Waals surface area contributed by atoms with E-state index in [4.69, 9.17) is 11.6 Å². The van der Waals surface area contributed by atoms with Crippen molar-refractivity contribution in [1.82, 2.24) is 0 Å². The van der Waals surface area contributed by atoms with Crippen LogP contribution < -0.4 is 0 Å². The van der Waals surface area contributed by atoms with Gasteiger partial charge in [0.2, 0.25) is 0 Å². The molecule has 0 spiro atoms. The van der Waals surface area contributed by atoms with E-state index in [-0.39, 0.29) is 16.5 Å². The molecule has 1 fully saturated rings. The minimum atomic E-state index is -5.02. The highest BCUT2D eigenvalue weighted by atomic mass is 35.5. The minimum Gasteiger partial charge on any atom is -0.206 e. The van der Waals surface area contributed by atoms with Crippen molar-refractivity contribution < 1.29 is 30.7 Å². The molecule has 0 N–H and O–H groups in total. The van der Waals surface area contributed by atoms with Crippen molar-refractivity contribution in [2.75, 3.05) is 0 Å². The molecule has 0 atom stereocenters. The maximum atomic E-state index is 15.0. The third kappa shape index (κ3) is 5.67. The first-order chi connectivity index (χ1) is 15.6. The second kappa shape index (κ2) is 10.7. The Morgan fingerprint density at radius 1 is 0.909 bits per heavy atom. The lowest BCUT2D eigenvalue weighted by Crippen LogP contribution is -2.26. The molecular weight excluding hydrogens is 469 g/mol. The van der Waals surface area contributed by atoms with Gasteiger partial charge in [0.25, 0.3) is 0 Å². The van der Waals surface area contributed by atoms with Crippen molar-refractivity contribution in [3.63, 3.8) is 0 Å². The van der Waals surface area contributed by atoms with Gasteiger partial charge in [-0.25, -0.2) is 22.0 Å². The lowest BCUT2D eigenvalue weighted by Gasteiger charge is -2.29. The monoisotopic (exact) mass is 494 g/mol. The van der Waals surface area contributed by atoms with Crippen LogP contribution in [0.4, 0.5) is 30.7 Å². The largest absolute Gasteiger partial charge is 0.338 e. The molecule has 0 amide bonds. The van der Waals surface area contributed by atoms with Gasteiger partial charge in [-0.3, -0.25) is 0 Å². The molecule has 1 saturated carbocycles. The van der Waals surface area contributed by atoms with E-state index in [1.54, 1.807) is 0 Å². The summed E-state index contributed by atoms with van der Waals surface area (Å²) in [6.45, 7) is 2.16. The molecule has 2 aromatic carbocycles. The van der Waals surface area contributed by atoms with Gasteiger partial charge in [-0.1, -0.05) is 44.2 Å². The molecule has 182 valence electrons. The van der Waals surface area contributed by atoms with Crippen LogP contribution in [0.2, 0.25) is 5.02 Å². The van der Waals surface area contributed by atoms with Crippen LogP contribution in [-0.2, 0) is 5.92 Å². The Bertz CT molecular complexity index is 919. The second-order valence-electron chi connectivity index (χ2n) is 8.81. The third-order valence-corrected chi connectivity index (χ3v) is 6.83. The molecule has 0 aliphatic heterocycles. The third-order valence-electron chi connectivity index (χ3n) is 6.54. The maximum Gasteiger partial charge on any atom is 0.338 e. The normalized spacial score (nSPS) is 19.3. The Morgan fingerprint density at radius 2 is 1.52 bits per heavy atom. The average Bonchev–Trinajstić information content (AvgIpc) is 2.73. The molecule has 2 aromatic rings. The lowest BCUT2D eigenvalue weighted by atomic mass is 9.77. The number of rotatable bonds is 8. The first-order valence-corrected chi connectivity index (χ1v) is 11.6. The number of alkyl halides is 4. The Balaban J connectivity index is 1.83. The fourth-order valence-electron chi connectivity index (χ4n) is 4.72. The van der Waals surface area contributed by atoms with Gasteiger partial charge >= 0.3 is 12.3 Å². The number of unbranched alkanes of at least 4 members (excludes halogenated alkanes) is 2. The molecule has 0 unspecified atom stereocenters. The minimum absolute atomic E-state index is 0.106. The zero-order chi connectivity index (χ0) is 24.3. The molecule has 0 aromatic heterocycles. The van der Waals surface area contributed by atoms with E-state index >= 15 is 0 Å². The standard InChI is InChI=1S/C25H26ClF7/c1-2-3-4-5-14-6-8-15(9-7-14)16-10-18(26)22(19(27)11-16)17-12-20(28)23(21(29)13-17)25(32,33)24(30)31/h10-15,24H,2-9H2,1H3.